The van der Waals surface area contributed by atoms with Gasteiger partial charge in [0, 0.05) is 6.54 Å². The van der Waals surface area contributed by atoms with E-state index in [-0.39, 0.29) is 0 Å². The summed E-state index contributed by atoms with van der Waals surface area (Å²) in [4.78, 5) is 9.18. The first kappa shape index (κ1) is 11.4. The molecule has 1 aromatic carbocycles. The third-order valence-corrected chi connectivity index (χ3v) is 3.76. The molecule has 0 unspecified atom stereocenters. The summed E-state index contributed by atoms with van der Waals surface area (Å²) in [6, 6.07) is 10.5. The predicted molar refractivity (Wildman–Crippen MR) is 76.8 cm³/mol. The number of hydrogen-bond donors (Lipinski definition) is 2. The molecular formula is C14H15N3S. The van der Waals surface area contributed by atoms with Gasteiger partial charge in [0.1, 0.15) is 5.82 Å². The smallest absolute Gasteiger partial charge is 0.148 e. The number of rotatable bonds is 4. The van der Waals surface area contributed by atoms with Crippen LogP contribution in [0.2, 0.25) is 0 Å². The molecule has 3 aromatic rings. The number of aromatic nitrogens is 2. The summed E-state index contributed by atoms with van der Waals surface area (Å²) in [6.45, 7) is 4.00. The normalized spacial score (nSPS) is 11.2. The number of H-pyrrole nitrogens is 1. The maximum atomic E-state index is 4.61. The number of fused-ring (bicyclic) bond motifs is 1. The minimum absolute atomic E-state index is 0.903. The largest absolute Gasteiger partial charge is 0.337 e. The van der Waals surface area contributed by atoms with Crippen LogP contribution in [0, 0.1) is 0 Å². The zero-order valence-electron chi connectivity index (χ0n) is 10.2. The van der Waals surface area contributed by atoms with E-state index in [1.807, 2.05) is 6.07 Å². The molecule has 0 aliphatic carbocycles. The van der Waals surface area contributed by atoms with Crippen LogP contribution in [0.5, 0.6) is 0 Å². The lowest BCUT2D eigenvalue weighted by molar-refractivity contribution is 0.727. The molecule has 0 atom stereocenters. The Balaban J connectivity index is 1.97. The van der Waals surface area contributed by atoms with Crippen molar-refractivity contribution in [1.29, 1.82) is 0 Å². The summed E-state index contributed by atoms with van der Waals surface area (Å²) in [7, 11) is 0. The average molecular weight is 257 g/mol. The fourth-order valence-corrected chi connectivity index (χ4v) is 2.64. The lowest BCUT2D eigenvalue weighted by Crippen LogP contribution is -2.11. The molecule has 4 heteroatoms. The van der Waals surface area contributed by atoms with E-state index < -0.39 is 0 Å². The van der Waals surface area contributed by atoms with Gasteiger partial charge in [0.05, 0.1) is 15.9 Å². The molecule has 18 heavy (non-hydrogen) atoms. The van der Waals surface area contributed by atoms with E-state index in [0.29, 0.717) is 0 Å². The summed E-state index contributed by atoms with van der Waals surface area (Å²) in [5, 5.41) is 5.40. The highest BCUT2D eigenvalue weighted by molar-refractivity contribution is 7.13. The molecule has 2 N–H and O–H groups in total. The average Bonchev–Trinajstić information content (AvgIpc) is 3.03. The van der Waals surface area contributed by atoms with Crippen LogP contribution in [-0.2, 0) is 6.54 Å². The minimum Gasteiger partial charge on any atom is -0.337 e. The molecular weight excluding hydrogens is 242 g/mol. The van der Waals surface area contributed by atoms with Crippen molar-refractivity contribution in [3.63, 3.8) is 0 Å². The number of imidazole rings is 1. The van der Waals surface area contributed by atoms with Crippen molar-refractivity contribution in [3.05, 3.63) is 41.3 Å². The van der Waals surface area contributed by atoms with E-state index in [0.717, 1.165) is 29.9 Å². The van der Waals surface area contributed by atoms with Crippen molar-refractivity contribution in [1.82, 2.24) is 15.3 Å². The summed E-state index contributed by atoms with van der Waals surface area (Å²) >= 11 is 1.70. The van der Waals surface area contributed by atoms with E-state index in [9.17, 15) is 0 Å². The first-order valence-electron chi connectivity index (χ1n) is 6.10. The van der Waals surface area contributed by atoms with Crippen LogP contribution in [-0.4, -0.2) is 16.5 Å². The molecule has 2 aromatic heterocycles. The Kier molecular flexibility index (Phi) is 3.13. The zero-order chi connectivity index (χ0) is 12.4. The first-order valence-corrected chi connectivity index (χ1v) is 6.98. The van der Waals surface area contributed by atoms with Crippen LogP contribution in [0.25, 0.3) is 21.7 Å². The summed E-state index contributed by atoms with van der Waals surface area (Å²) in [5.41, 5.74) is 3.41. The van der Waals surface area contributed by atoms with Crippen LogP contribution in [0.4, 0.5) is 0 Å². The van der Waals surface area contributed by atoms with E-state index in [2.05, 4.69) is 51.9 Å². The quantitative estimate of drug-likeness (QED) is 0.752. The van der Waals surface area contributed by atoms with Gasteiger partial charge in [0.15, 0.2) is 0 Å². The molecule has 0 aliphatic rings. The van der Waals surface area contributed by atoms with Gasteiger partial charge in [-0.15, -0.1) is 11.3 Å². The molecule has 3 rings (SSSR count). The highest BCUT2D eigenvalue weighted by Crippen LogP contribution is 2.24. The van der Waals surface area contributed by atoms with E-state index in [1.54, 1.807) is 11.3 Å². The van der Waals surface area contributed by atoms with Crippen LogP contribution in [0.1, 0.15) is 12.5 Å². The molecule has 92 valence electrons. The second kappa shape index (κ2) is 4.92. The zero-order valence-corrected chi connectivity index (χ0v) is 11.1. The Morgan fingerprint density at radius 3 is 3.06 bits per heavy atom. The van der Waals surface area contributed by atoms with Gasteiger partial charge < -0.3 is 10.3 Å². The van der Waals surface area contributed by atoms with Gasteiger partial charge in [0.25, 0.3) is 0 Å². The summed E-state index contributed by atoms with van der Waals surface area (Å²) in [5.74, 6) is 0.959. The van der Waals surface area contributed by atoms with Gasteiger partial charge >= 0.3 is 0 Å². The number of nitrogens with one attached hydrogen (secondary N) is 2. The number of aromatic amines is 1. The lowest BCUT2D eigenvalue weighted by Gasteiger charge is -2.00. The Hall–Kier alpha value is -1.65. The van der Waals surface area contributed by atoms with E-state index >= 15 is 0 Å². The summed E-state index contributed by atoms with van der Waals surface area (Å²) < 4.78 is 0. The van der Waals surface area contributed by atoms with Crippen LogP contribution in [0.3, 0.4) is 0 Å². The number of nitrogens with zero attached hydrogens (tertiary/aromatic N) is 1. The number of thiophene rings is 1. The Labute approximate surface area is 110 Å². The molecule has 0 fully saturated rings. The molecule has 0 saturated carbocycles. The summed E-state index contributed by atoms with van der Waals surface area (Å²) in [6.07, 6.45) is 0. The van der Waals surface area contributed by atoms with Crippen molar-refractivity contribution in [3.8, 4) is 10.7 Å². The molecule has 0 amide bonds. The van der Waals surface area contributed by atoms with E-state index in [1.165, 1.54) is 10.4 Å². The van der Waals surface area contributed by atoms with Gasteiger partial charge in [-0.25, -0.2) is 4.98 Å². The van der Waals surface area contributed by atoms with Crippen molar-refractivity contribution < 1.29 is 0 Å². The molecule has 2 heterocycles. The number of benzene rings is 1. The van der Waals surface area contributed by atoms with E-state index in [4.69, 9.17) is 0 Å². The number of hydrogen-bond acceptors (Lipinski definition) is 3. The third-order valence-electron chi connectivity index (χ3n) is 2.88. The van der Waals surface area contributed by atoms with Crippen LogP contribution < -0.4 is 5.32 Å². The maximum absolute atomic E-state index is 4.61. The van der Waals surface area contributed by atoms with Gasteiger partial charge in [-0.1, -0.05) is 19.1 Å². The second-order valence-corrected chi connectivity index (χ2v) is 5.14. The molecule has 0 bridgehead atoms. The molecule has 0 saturated heterocycles. The fourth-order valence-electron chi connectivity index (χ4n) is 1.97. The minimum atomic E-state index is 0.903. The van der Waals surface area contributed by atoms with Crippen molar-refractivity contribution in [2.75, 3.05) is 6.54 Å². The van der Waals surface area contributed by atoms with Gasteiger partial charge in [0.2, 0.25) is 0 Å². The predicted octanol–water partition coefficient (Wildman–Crippen LogP) is 3.40. The van der Waals surface area contributed by atoms with Crippen LogP contribution >= 0.6 is 11.3 Å². The third kappa shape index (κ3) is 2.17. The fraction of sp³-hybridized carbons (Fsp3) is 0.214. The Morgan fingerprint density at radius 1 is 1.33 bits per heavy atom. The molecule has 0 radical (unpaired) electrons. The topological polar surface area (TPSA) is 40.7 Å². The van der Waals surface area contributed by atoms with Gasteiger partial charge in [-0.3, -0.25) is 0 Å². The highest BCUT2D eigenvalue weighted by Gasteiger charge is 2.06. The van der Waals surface area contributed by atoms with Crippen molar-refractivity contribution in [2.45, 2.75) is 13.5 Å². The first-order chi connectivity index (χ1) is 8.86. The Bertz CT molecular complexity index is 640. The van der Waals surface area contributed by atoms with Crippen molar-refractivity contribution in [2.24, 2.45) is 0 Å². The second-order valence-electron chi connectivity index (χ2n) is 4.19. The maximum Gasteiger partial charge on any atom is 0.148 e. The van der Waals surface area contributed by atoms with Gasteiger partial charge in [-0.2, -0.15) is 0 Å². The Morgan fingerprint density at radius 2 is 2.28 bits per heavy atom. The lowest BCUT2D eigenvalue weighted by atomic mass is 10.2. The van der Waals surface area contributed by atoms with Crippen LogP contribution in [0.15, 0.2) is 35.7 Å². The standard InChI is InChI=1S/C14H15N3S/c1-2-15-9-10-5-6-11-12(8-10)17-14(16-11)13-4-3-7-18-13/h3-8,15H,2,9H2,1H3,(H,16,17). The SMILES string of the molecule is CCNCc1ccc2nc(-c3cccs3)[nH]c2c1. The van der Waals surface area contributed by atoms with Gasteiger partial charge in [-0.05, 0) is 35.7 Å². The van der Waals surface area contributed by atoms with Crippen molar-refractivity contribution >= 4 is 22.4 Å². The highest BCUT2D eigenvalue weighted by atomic mass is 32.1. The molecule has 3 nitrogen and oxygen atoms in total. The molecule has 0 spiro atoms. The monoisotopic (exact) mass is 257 g/mol. The molecule has 0 aliphatic heterocycles.